The second kappa shape index (κ2) is 17.8. The monoisotopic (exact) mass is 720 g/mol. The molecule has 7 heteroatoms. The van der Waals surface area contributed by atoms with Crippen molar-refractivity contribution in [3.05, 3.63) is 88.0 Å². The van der Waals surface area contributed by atoms with E-state index in [4.69, 9.17) is 9.47 Å². The predicted molar refractivity (Wildman–Crippen MR) is 189 cm³/mol. The van der Waals surface area contributed by atoms with E-state index in [1.54, 1.807) is 24.3 Å². The van der Waals surface area contributed by atoms with E-state index in [1.165, 1.54) is 75.2 Å². The predicted octanol–water partition coefficient (Wildman–Crippen LogP) is 9.50. The van der Waals surface area contributed by atoms with Crippen molar-refractivity contribution in [3.8, 4) is 11.5 Å². The molecule has 0 radical (unpaired) electrons. The second-order valence-electron chi connectivity index (χ2n) is 11.6. The first-order valence-electron chi connectivity index (χ1n) is 16.0. The molecule has 0 saturated carbocycles. The quantitative estimate of drug-likeness (QED) is 0.101. The molecule has 0 fully saturated rings. The van der Waals surface area contributed by atoms with Crippen molar-refractivity contribution in [3.63, 3.8) is 0 Å². The van der Waals surface area contributed by atoms with Gasteiger partial charge < -0.3 is 0 Å². The van der Waals surface area contributed by atoms with Crippen LogP contribution < -0.4 is 13.1 Å². The first kappa shape index (κ1) is 36.0. The fraction of sp³-hybridized carbons (Fsp3) is 0.368. The van der Waals surface area contributed by atoms with Gasteiger partial charge in [0.2, 0.25) is 0 Å². The van der Waals surface area contributed by atoms with E-state index in [0.717, 1.165) is 16.7 Å². The molecule has 0 aliphatic rings. The van der Waals surface area contributed by atoms with Gasteiger partial charge in [-0.15, -0.1) is 0 Å². The molecule has 3 rings (SSSR count). The van der Waals surface area contributed by atoms with E-state index in [-0.39, 0.29) is 11.1 Å². The maximum atomic E-state index is 11.8. The van der Waals surface area contributed by atoms with Gasteiger partial charge in [0.15, 0.2) is 0 Å². The standard InChI is InChI=1S/C26H21O6.3C4H9.Sn/c1-31-23-13-11-19(15-21(23)25(27)28)9-7-17-3-5-18(6-4-17)8-10-20-12-14-24(32-2)22(16-20)26(29)30;3*1-3-4-2;/h3-5,7-16H,1-2H3,(H,27,28)(H,29,30);3*1,3-4H2,2H3;/b9-7+,10-8+;;;;. The summed E-state index contributed by atoms with van der Waals surface area (Å²) in [6, 6.07) is 17.2. The van der Waals surface area contributed by atoms with Crippen molar-refractivity contribution in [2.45, 2.75) is 72.6 Å². The van der Waals surface area contributed by atoms with E-state index < -0.39 is 30.3 Å². The van der Waals surface area contributed by atoms with Crippen LogP contribution in [0.2, 0.25) is 13.3 Å². The van der Waals surface area contributed by atoms with Crippen LogP contribution >= 0.6 is 0 Å². The topological polar surface area (TPSA) is 93.1 Å². The van der Waals surface area contributed by atoms with Gasteiger partial charge in [-0.25, -0.2) is 0 Å². The molecule has 0 atom stereocenters. The molecule has 3 aromatic carbocycles. The minimum atomic E-state index is -2.92. The summed E-state index contributed by atoms with van der Waals surface area (Å²) < 4.78 is 15.9. The van der Waals surface area contributed by atoms with Gasteiger partial charge in [0.1, 0.15) is 0 Å². The van der Waals surface area contributed by atoms with E-state index in [2.05, 4.69) is 51.1 Å². The number of methoxy groups -OCH3 is 2. The van der Waals surface area contributed by atoms with Crippen LogP contribution in [0.4, 0.5) is 0 Å². The van der Waals surface area contributed by atoms with Crippen LogP contribution in [0.1, 0.15) is 102 Å². The van der Waals surface area contributed by atoms with Gasteiger partial charge in [0.05, 0.1) is 0 Å². The number of benzene rings is 3. The molecule has 0 aliphatic heterocycles. The summed E-state index contributed by atoms with van der Waals surface area (Å²) in [4.78, 5) is 23.6. The van der Waals surface area contributed by atoms with Gasteiger partial charge in [-0.05, 0) is 0 Å². The Morgan fingerprint density at radius 2 is 1.02 bits per heavy atom. The van der Waals surface area contributed by atoms with E-state index >= 15 is 0 Å². The molecule has 0 unspecified atom stereocenters. The van der Waals surface area contributed by atoms with Gasteiger partial charge in [0, 0.05) is 0 Å². The van der Waals surface area contributed by atoms with Gasteiger partial charge in [-0.1, -0.05) is 0 Å². The fourth-order valence-electron chi connectivity index (χ4n) is 5.98. The summed E-state index contributed by atoms with van der Waals surface area (Å²) in [6.07, 6.45) is 15.4. The third kappa shape index (κ3) is 9.73. The molecule has 45 heavy (non-hydrogen) atoms. The zero-order valence-corrected chi connectivity index (χ0v) is 30.3. The fourth-order valence-corrected chi connectivity index (χ4v) is 22.8. The number of hydrogen-bond acceptors (Lipinski definition) is 4. The van der Waals surface area contributed by atoms with E-state index in [9.17, 15) is 19.8 Å². The number of hydrogen-bond donors (Lipinski definition) is 2. The number of aromatic carboxylic acids is 2. The zero-order valence-electron chi connectivity index (χ0n) is 27.4. The van der Waals surface area contributed by atoms with Crippen molar-refractivity contribution in [1.82, 2.24) is 0 Å². The van der Waals surface area contributed by atoms with Crippen LogP contribution in [-0.4, -0.2) is 54.7 Å². The van der Waals surface area contributed by atoms with E-state index in [0.29, 0.717) is 11.5 Å². The molecule has 0 aliphatic carbocycles. The average Bonchev–Trinajstić information content (AvgIpc) is 3.06. The molecule has 0 saturated heterocycles. The number of ether oxygens (including phenoxy) is 2. The van der Waals surface area contributed by atoms with Crippen LogP contribution in [0.5, 0.6) is 11.5 Å². The Morgan fingerprint density at radius 1 is 0.622 bits per heavy atom. The van der Waals surface area contributed by atoms with Crippen molar-refractivity contribution >= 4 is 58.2 Å². The van der Waals surface area contributed by atoms with Crippen LogP contribution in [-0.2, 0) is 0 Å². The SMILES string of the molecule is CCC[CH2][Sn]([CH2]CCC)([CH2]CCC)[c]1cc(/C=C/c2ccc(OC)c(C(=O)O)c2)ccc1/C=C/c1ccc(OC)c(C(=O)O)c1. The molecule has 0 bridgehead atoms. The number of unbranched alkanes of at least 4 members (excludes halogenated alkanes) is 3. The van der Waals surface area contributed by atoms with Crippen LogP contribution in [0, 0.1) is 0 Å². The molecule has 6 nitrogen and oxygen atoms in total. The third-order valence-corrected chi connectivity index (χ3v) is 24.2. The van der Waals surface area contributed by atoms with Gasteiger partial charge >= 0.3 is 274 Å². The zero-order chi connectivity index (χ0) is 32.8. The number of carbonyl (C=O) groups is 2. The third-order valence-electron chi connectivity index (χ3n) is 8.51. The molecule has 0 heterocycles. The average molecular weight is 720 g/mol. The Balaban J connectivity index is 2.16. The molecule has 0 spiro atoms. The molecule has 0 aromatic heterocycles. The first-order chi connectivity index (χ1) is 21.7. The molecular weight excluding hydrogens is 671 g/mol. The summed E-state index contributed by atoms with van der Waals surface area (Å²) in [6.45, 7) is 6.83. The molecule has 2 N–H and O–H groups in total. The normalized spacial score (nSPS) is 11.8. The van der Waals surface area contributed by atoms with Crippen LogP contribution in [0.25, 0.3) is 24.3 Å². The number of carboxylic acid groups (broad SMARTS) is 2. The summed E-state index contributed by atoms with van der Waals surface area (Å²) in [5.41, 5.74) is 4.21. The van der Waals surface area contributed by atoms with Gasteiger partial charge in [0.25, 0.3) is 0 Å². The Labute approximate surface area is 272 Å². The summed E-state index contributed by atoms with van der Waals surface area (Å²) in [5, 5.41) is 19.3. The molecule has 240 valence electrons. The Morgan fingerprint density at radius 3 is 1.42 bits per heavy atom. The summed E-state index contributed by atoms with van der Waals surface area (Å²) in [7, 11) is 2.96. The Hall–Kier alpha value is -3.52. The summed E-state index contributed by atoms with van der Waals surface area (Å²) >= 11 is -2.92. The van der Waals surface area contributed by atoms with Crippen molar-refractivity contribution in [2.75, 3.05) is 14.2 Å². The maximum absolute atomic E-state index is 11.8. The van der Waals surface area contributed by atoms with Crippen LogP contribution in [0.15, 0.2) is 54.6 Å². The van der Waals surface area contributed by atoms with Crippen molar-refractivity contribution in [2.24, 2.45) is 0 Å². The molecule has 3 aromatic rings. The van der Waals surface area contributed by atoms with Crippen molar-refractivity contribution < 1.29 is 29.3 Å². The minimum absolute atomic E-state index is 0.138. The molecular formula is C38H48O6Sn. The number of carboxylic acids is 2. The Kier molecular flexibility index (Phi) is 14.2. The second-order valence-corrected chi connectivity index (χ2v) is 24.8. The number of rotatable bonds is 18. The first-order valence-corrected chi connectivity index (χ1v) is 23.5. The Bertz CT molecular complexity index is 1480. The van der Waals surface area contributed by atoms with Crippen molar-refractivity contribution in [1.29, 1.82) is 0 Å². The van der Waals surface area contributed by atoms with E-state index in [1.807, 2.05) is 24.3 Å². The van der Waals surface area contributed by atoms with Crippen LogP contribution in [0.3, 0.4) is 0 Å². The van der Waals surface area contributed by atoms with Gasteiger partial charge in [-0.2, -0.15) is 0 Å². The summed E-state index contributed by atoms with van der Waals surface area (Å²) in [5.74, 6) is -1.35. The van der Waals surface area contributed by atoms with Gasteiger partial charge in [-0.3, -0.25) is 0 Å². The molecule has 0 amide bonds.